The summed E-state index contributed by atoms with van der Waals surface area (Å²) in [6, 6.07) is 14.1. The van der Waals surface area contributed by atoms with Gasteiger partial charge in [0.2, 0.25) is 11.6 Å². The van der Waals surface area contributed by atoms with Crippen molar-refractivity contribution in [2.75, 3.05) is 6.61 Å². The van der Waals surface area contributed by atoms with E-state index in [4.69, 9.17) is 18.9 Å². The number of aliphatic hydroxyl groups excluding tert-OH is 3. The SMILES string of the molecule is CC(=O)O[C@@H]1C[C@H](O)[C@@]2(C)C(=O)C(=O)C3C(C)[C@@H](OC(=O)[C@H](O)[C@@H](NC(=O)OC(C)(C)C)c4ccccc4)C[C@@](O)([C@@H](OC(=O)c4ccccc4)[C@@H]2[C@]1(O)CO)C3(C)C. The summed E-state index contributed by atoms with van der Waals surface area (Å²) in [6.45, 7) is 10.2. The van der Waals surface area contributed by atoms with Gasteiger partial charge in [0.15, 0.2) is 6.10 Å². The number of carbonyl (C=O) groups excluding carboxylic acids is 6. The van der Waals surface area contributed by atoms with Crippen molar-refractivity contribution in [3.05, 3.63) is 71.8 Å². The second kappa shape index (κ2) is 16.4. The van der Waals surface area contributed by atoms with Gasteiger partial charge in [0.1, 0.15) is 35.1 Å². The molecule has 59 heavy (non-hydrogen) atoms. The van der Waals surface area contributed by atoms with Crippen LogP contribution in [0, 0.1) is 28.6 Å². The quantitative estimate of drug-likeness (QED) is 0.121. The maximum Gasteiger partial charge on any atom is 0.408 e. The summed E-state index contributed by atoms with van der Waals surface area (Å²) < 4.78 is 22.8. The number of ketones is 2. The van der Waals surface area contributed by atoms with E-state index in [1.807, 2.05) is 0 Å². The van der Waals surface area contributed by atoms with Gasteiger partial charge in [-0.1, -0.05) is 69.3 Å². The predicted octanol–water partition coefficient (Wildman–Crippen LogP) is 2.36. The third-order valence-corrected chi connectivity index (χ3v) is 12.6. The minimum atomic E-state index is -2.74. The zero-order chi connectivity index (χ0) is 44.0. The van der Waals surface area contributed by atoms with Crippen LogP contribution in [-0.2, 0) is 38.1 Å². The summed E-state index contributed by atoms with van der Waals surface area (Å²) in [5.74, 6) is -10.3. The predicted molar refractivity (Wildman–Crippen MR) is 206 cm³/mol. The molecule has 2 aromatic rings. The molecule has 3 saturated carbocycles. The maximum atomic E-state index is 14.8. The summed E-state index contributed by atoms with van der Waals surface area (Å²) >= 11 is 0. The molecule has 16 nitrogen and oxygen atoms in total. The lowest BCUT2D eigenvalue weighted by Crippen LogP contribution is -2.79. The highest BCUT2D eigenvalue weighted by atomic mass is 16.6. The molecule has 12 atom stereocenters. The normalized spacial score (nSPS) is 33.8. The van der Waals surface area contributed by atoms with Gasteiger partial charge in [0.25, 0.3) is 0 Å². The fourth-order valence-electron chi connectivity index (χ4n) is 9.49. The van der Waals surface area contributed by atoms with Crippen LogP contribution in [0.3, 0.4) is 0 Å². The Bertz CT molecular complexity index is 1930. The van der Waals surface area contributed by atoms with E-state index >= 15 is 0 Å². The number of esters is 3. The second-order valence-electron chi connectivity index (χ2n) is 17.8. The van der Waals surface area contributed by atoms with Gasteiger partial charge in [-0.25, -0.2) is 14.4 Å². The van der Waals surface area contributed by atoms with Crippen molar-refractivity contribution in [3.8, 4) is 0 Å². The van der Waals surface area contributed by atoms with E-state index in [-0.39, 0.29) is 5.56 Å². The van der Waals surface area contributed by atoms with E-state index < -0.39 is 137 Å². The summed E-state index contributed by atoms with van der Waals surface area (Å²) in [7, 11) is 0. The van der Waals surface area contributed by atoms with Gasteiger partial charge in [0.05, 0.1) is 29.7 Å². The minimum Gasteiger partial charge on any atom is -0.460 e. The Hall–Kier alpha value is -4.74. The molecule has 3 aliphatic carbocycles. The van der Waals surface area contributed by atoms with Gasteiger partial charge in [0, 0.05) is 42.9 Å². The molecule has 0 aliphatic heterocycles. The van der Waals surface area contributed by atoms with Crippen molar-refractivity contribution < 1.29 is 73.2 Å². The number of rotatable bonds is 9. The van der Waals surface area contributed by atoms with Crippen LogP contribution in [0.2, 0.25) is 0 Å². The zero-order valence-electron chi connectivity index (χ0n) is 34.4. The molecule has 1 amide bonds. The van der Waals surface area contributed by atoms with Gasteiger partial charge < -0.3 is 49.8 Å². The minimum absolute atomic E-state index is 0.0308. The second-order valence-corrected chi connectivity index (χ2v) is 17.8. The first-order valence-corrected chi connectivity index (χ1v) is 19.5. The molecule has 322 valence electrons. The van der Waals surface area contributed by atoms with E-state index in [2.05, 4.69) is 5.32 Å². The number of alkyl carbamates (subject to hydrolysis) is 1. The Morgan fingerprint density at radius 3 is 2.03 bits per heavy atom. The molecule has 2 aromatic carbocycles. The van der Waals surface area contributed by atoms with Crippen LogP contribution in [0.25, 0.3) is 0 Å². The standard InChI is InChI=1S/C43H55NO15/c1-22-26(57-37(52)32(49)30(24-15-11-9-12-16-24)44-38(53)59-39(3,4)5)20-43(55)35(58-36(51)25-17-13-10-14-18-25)33-41(8,34(50)31(48)29(22)40(43,6)7)27(47)19-28(56-23(2)46)42(33,54)21-45/h9-18,22,26-30,32-33,35,45,47,49,54-55H,19-21H2,1-8H3,(H,44,53)/t22?,26-,27-,28+,29?,30-,32+,33-,35-,41+,42-,43+/m0/s1. The molecule has 16 heteroatoms. The summed E-state index contributed by atoms with van der Waals surface area (Å²) in [4.78, 5) is 82.9. The number of ether oxygens (including phenoxy) is 4. The van der Waals surface area contributed by atoms with Gasteiger partial charge >= 0.3 is 24.0 Å². The third kappa shape index (κ3) is 8.12. The molecule has 3 aliphatic rings. The molecular weight excluding hydrogens is 770 g/mol. The third-order valence-electron chi connectivity index (χ3n) is 12.6. The lowest BCUT2D eigenvalue weighted by molar-refractivity contribution is -0.300. The van der Waals surface area contributed by atoms with E-state index in [1.54, 1.807) is 57.2 Å². The van der Waals surface area contributed by atoms with Crippen LogP contribution in [0.5, 0.6) is 0 Å². The van der Waals surface area contributed by atoms with Crippen LogP contribution in [0.15, 0.2) is 60.7 Å². The van der Waals surface area contributed by atoms with Crippen LogP contribution in [0.4, 0.5) is 4.79 Å². The van der Waals surface area contributed by atoms with Crippen molar-refractivity contribution in [2.45, 2.75) is 122 Å². The van der Waals surface area contributed by atoms with Crippen LogP contribution in [0.1, 0.15) is 90.2 Å². The molecule has 0 radical (unpaired) electrons. The lowest BCUT2D eigenvalue weighted by Gasteiger charge is -2.65. The fraction of sp³-hybridized carbons (Fsp3) is 0.581. The van der Waals surface area contributed by atoms with Crippen LogP contribution >= 0.6 is 0 Å². The highest BCUT2D eigenvalue weighted by Crippen LogP contribution is 2.62. The number of hydrogen-bond donors (Lipinski definition) is 6. The Kier molecular flexibility index (Phi) is 12.6. The van der Waals surface area contributed by atoms with E-state index in [0.717, 1.165) is 13.8 Å². The molecule has 3 fully saturated rings. The summed E-state index contributed by atoms with van der Waals surface area (Å²) in [5.41, 5.74) is -10.1. The fourth-order valence-corrected chi connectivity index (χ4v) is 9.49. The van der Waals surface area contributed by atoms with Crippen molar-refractivity contribution in [2.24, 2.45) is 28.6 Å². The Balaban J connectivity index is 1.66. The van der Waals surface area contributed by atoms with Gasteiger partial charge in [-0.15, -0.1) is 0 Å². The van der Waals surface area contributed by atoms with Crippen molar-refractivity contribution in [3.63, 3.8) is 0 Å². The average molecular weight is 826 g/mol. The highest BCUT2D eigenvalue weighted by molar-refractivity contribution is 6.40. The molecule has 2 bridgehead atoms. The average Bonchev–Trinajstić information content (AvgIpc) is 3.16. The highest BCUT2D eigenvalue weighted by Gasteiger charge is 2.76. The number of carbonyl (C=O) groups is 6. The molecule has 5 rings (SSSR count). The number of Topliss-reactive ketones (excluding diaryl/α,β-unsaturated/α-hetero) is 2. The summed E-state index contributed by atoms with van der Waals surface area (Å²) in [6.07, 6.45) is -11.5. The van der Waals surface area contributed by atoms with Gasteiger partial charge in [-0.3, -0.25) is 14.4 Å². The van der Waals surface area contributed by atoms with Crippen molar-refractivity contribution in [1.29, 1.82) is 0 Å². The molecule has 0 aromatic heterocycles. The zero-order valence-corrected chi connectivity index (χ0v) is 34.4. The Morgan fingerprint density at radius 2 is 1.49 bits per heavy atom. The first-order chi connectivity index (χ1) is 27.3. The van der Waals surface area contributed by atoms with Crippen molar-refractivity contribution in [1.82, 2.24) is 5.32 Å². The first kappa shape index (κ1) is 45.3. The molecule has 6 N–H and O–H groups in total. The molecule has 0 spiro atoms. The number of nitrogens with one attached hydrogen (secondary N) is 1. The molecular formula is C43H55NO15. The van der Waals surface area contributed by atoms with Gasteiger partial charge in [-0.05, 0) is 45.4 Å². The Morgan fingerprint density at radius 1 is 0.915 bits per heavy atom. The maximum absolute atomic E-state index is 14.8. The topological polar surface area (TPSA) is 253 Å². The molecule has 0 heterocycles. The Labute approximate surface area is 342 Å². The molecule has 0 saturated heterocycles. The monoisotopic (exact) mass is 825 g/mol. The number of hydrogen-bond acceptors (Lipinski definition) is 15. The number of amides is 1. The number of aliphatic hydroxyl groups is 5. The summed E-state index contributed by atoms with van der Waals surface area (Å²) in [5, 5.41) is 62.6. The van der Waals surface area contributed by atoms with E-state index in [1.165, 1.54) is 45.0 Å². The van der Waals surface area contributed by atoms with Gasteiger partial charge in [-0.2, -0.15) is 0 Å². The number of benzene rings is 2. The lowest BCUT2D eigenvalue weighted by atomic mass is 9.43. The largest absolute Gasteiger partial charge is 0.460 e. The first-order valence-electron chi connectivity index (χ1n) is 19.5. The molecule has 2 unspecified atom stereocenters. The number of fused-ring (bicyclic) bond motifs is 3. The van der Waals surface area contributed by atoms with Crippen LogP contribution in [-0.4, -0.2) is 115 Å². The smallest absolute Gasteiger partial charge is 0.408 e. The van der Waals surface area contributed by atoms with E-state index in [9.17, 15) is 54.3 Å². The van der Waals surface area contributed by atoms with Crippen molar-refractivity contribution >= 4 is 35.6 Å². The van der Waals surface area contributed by atoms with Crippen LogP contribution < -0.4 is 5.32 Å². The van der Waals surface area contributed by atoms with E-state index in [0.29, 0.717) is 5.56 Å².